The van der Waals surface area contributed by atoms with Crippen molar-refractivity contribution in [2.75, 3.05) is 17.7 Å². The number of hydrogen-bond acceptors (Lipinski definition) is 7. The second-order valence-electron chi connectivity index (χ2n) is 4.18. The number of aryl methyl sites for hydroxylation is 1. The molecule has 2 heterocycles. The highest BCUT2D eigenvalue weighted by Crippen LogP contribution is 2.10. The Morgan fingerprint density at radius 3 is 2.90 bits per heavy atom. The van der Waals surface area contributed by atoms with Crippen molar-refractivity contribution < 1.29 is 4.74 Å². The zero-order chi connectivity index (χ0) is 14.4. The molecule has 2 aromatic rings. The Morgan fingerprint density at radius 2 is 2.15 bits per heavy atom. The summed E-state index contributed by atoms with van der Waals surface area (Å²) in [4.78, 5) is 16.8. The highest BCUT2D eigenvalue weighted by molar-refractivity contribution is 5.44. The van der Waals surface area contributed by atoms with Crippen LogP contribution in [0.2, 0.25) is 0 Å². The first-order valence-electron chi connectivity index (χ1n) is 6.41. The number of anilines is 2. The molecule has 0 aliphatic carbocycles. The van der Waals surface area contributed by atoms with Crippen molar-refractivity contribution in [2.45, 2.75) is 27.0 Å². The zero-order valence-electron chi connectivity index (χ0n) is 11.6. The van der Waals surface area contributed by atoms with E-state index in [-0.39, 0.29) is 0 Å². The van der Waals surface area contributed by atoms with Crippen LogP contribution in [0.15, 0.2) is 18.3 Å². The molecule has 0 unspecified atom stereocenters. The number of nitrogens with zero attached hydrogens (tertiary/aromatic N) is 4. The minimum absolute atomic E-state index is 0.350. The number of rotatable bonds is 6. The molecule has 0 fully saturated rings. The maximum absolute atomic E-state index is 5.75. The van der Waals surface area contributed by atoms with E-state index in [1.54, 1.807) is 12.3 Å². The molecule has 0 aliphatic heterocycles. The molecule has 20 heavy (non-hydrogen) atoms. The lowest BCUT2D eigenvalue weighted by molar-refractivity contribution is 0.128. The molecule has 7 nitrogen and oxygen atoms in total. The van der Waals surface area contributed by atoms with Gasteiger partial charge in [0.15, 0.2) is 5.82 Å². The summed E-state index contributed by atoms with van der Waals surface area (Å²) in [5.74, 6) is 2.37. The third-order valence-corrected chi connectivity index (χ3v) is 2.51. The van der Waals surface area contributed by atoms with Gasteiger partial charge in [0.05, 0.1) is 12.2 Å². The Bertz CT molecular complexity index is 575. The molecule has 0 spiro atoms. The van der Waals surface area contributed by atoms with Crippen molar-refractivity contribution in [3.8, 4) is 0 Å². The number of aromatic nitrogens is 4. The van der Waals surface area contributed by atoms with E-state index in [9.17, 15) is 0 Å². The molecule has 0 aliphatic rings. The van der Waals surface area contributed by atoms with Crippen molar-refractivity contribution in [2.24, 2.45) is 0 Å². The number of hydrogen-bond donors (Lipinski definition) is 2. The fourth-order valence-corrected chi connectivity index (χ4v) is 1.65. The molecular formula is C13H18N6O. The molecule has 0 radical (unpaired) electrons. The largest absolute Gasteiger partial charge is 0.384 e. The third-order valence-electron chi connectivity index (χ3n) is 2.51. The van der Waals surface area contributed by atoms with Crippen LogP contribution in [0.3, 0.4) is 0 Å². The molecule has 106 valence electrons. The van der Waals surface area contributed by atoms with Gasteiger partial charge in [-0.1, -0.05) is 0 Å². The van der Waals surface area contributed by atoms with E-state index in [0.29, 0.717) is 37.2 Å². The van der Waals surface area contributed by atoms with Crippen LogP contribution >= 0.6 is 0 Å². The van der Waals surface area contributed by atoms with Gasteiger partial charge in [0.1, 0.15) is 24.1 Å². The first-order chi connectivity index (χ1) is 9.67. The maximum atomic E-state index is 5.75. The van der Waals surface area contributed by atoms with E-state index in [4.69, 9.17) is 10.5 Å². The molecular weight excluding hydrogens is 256 g/mol. The maximum Gasteiger partial charge on any atom is 0.158 e. The first kappa shape index (κ1) is 14.1. The van der Waals surface area contributed by atoms with Gasteiger partial charge in [0.25, 0.3) is 0 Å². The third kappa shape index (κ3) is 4.13. The van der Waals surface area contributed by atoms with Gasteiger partial charge in [-0.25, -0.2) is 19.9 Å². The van der Waals surface area contributed by atoms with Crippen LogP contribution in [0, 0.1) is 6.92 Å². The summed E-state index contributed by atoms with van der Waals surface area (Å²) < 4.78 is 5.28. The average Bonchev–Trinajstić information content (AvgIpc) is 2.42. The number of nitrogens with one attached hydrogen (secondary N) is 1. The minimum Gasteiger partial charge on any atom is -0.384 e. The normalized spacial score (nSPS) is 10.5. The van der Waals surface area contributed by atoms with Gasteiger partial charge in [0, 0.05) is 18.9 Å². The Kier molecular flexibility index (Phi) is 4.78. The molecule has 7 heteroatoms. The van der Waals surface area contributed by atoms with Gasteiger partial charge >= 0.3 is 0 Å². The predicted octanol–water partition coefficient (Wildman–Crippen LogP) is 1.31. The van der Waals surface area contributed by atoms with Crippen molar-refractivity contribution in [3.63, 3.8) is 0 Å². The van der Waals surface area contributed by atoms with E-state index in [1.807, 2.05) is 19.9 Å². The predicted molar refractivity (Wildman–Crippen MR) is 75.9 cm³/mol. The monoisotopic (exact) mass is 274 g/mol. The standard InChI is InChI=1S/C13H18N6O/c1-3-20-8-13-18-11(14)6-12(19-13)16-7-10-4-5-15-9(2)17-10/h4-6H,3,7-8H2,1-2H3,(H3,14,16,18,19). The van der Waals surface area contributed by atoms with Crippen molar-refractivity contribution in [1.29, 1.82) is 0 Å². The fourth-order valence-electron chi connectivity index (χ4n) is 1.65. The van der Waals surface area contributed by atoms with E-state index < -0.39 is 0 Å². The van der Waals surface area contributed by atoms with Gasteiger partial charge in [-0.3, -0.25) is 0 Å². The van der Waals surface area contributed by atoms with Gasteiger partial charge in [-0.2, -0.15) is 0 Å². The van der Waals surface area contributed by atoms with E-state index in [0.717, 1.165) is 11.5 Å². The van der Waals surface area contributed by atoms with Crippen LogP contribution < -0.4 is 11.1 Å². The molecule has 0 bridgehead atoms. The summed E-state index contributed by atoms with van der Waals surface area (Å²) in [5.41, 5.74) is 6.64. The summed E-state index contributed by atoms with van der Waals surface area (Å²) in [6.07, 6.45) is 1.73. The quantitative estimate of drug-likeness (QED) is 0.819. The van der Waals surface area contributed by atoms with Gasteiger partial charge in [-0.05, 0) is 19.9 Å². The van der Waals surface area contributed by atoms with Crippen LogP contribution in [0.5, 0.6) is 0 Å². The second-order valence-corrected chi connectivity index (χ2v) is 4.18. The van der Waals surface area contributed by atoms with Crippen LogP contribution in [-0.4, -0.2) is 26.5 Å². The molecule has 0 amide bonds. The lowest BCUT2D eigenvalue weighted by Gasteiger charge is -2.08. The van der Waals surface area contributed by atoms with Crippen LogP contribution in [0.4, 0.5) is 11.6 Å². The fraction of sp³-hybridized carbons (Fsp3) is 0.385. The second kappa shape index (κ2) is 6.76. The number of nitrogens with two attached hydrogens (primary N) is 1. The lowest BCUT2D eigenvalue weighted by atomic mass is 10.4. The van der Waals surface area contributed by atoms with E-state index in [1.165, 1.54) is 0 Å². The molecule has 0 saturated carbocycles. The van der Waals surface area contributed by atoms with Crippen molar-refractivity contribution in [1.82, 2.24) is 19.9 Å². The summed E-state index contributed by atoms with van der Waals surface area (Å²) in [7, 11) is 0. The summed E-state index contributed by atoms with van der Waals surface area (Å²) in [6.45, 7) is 5.28. The lowest BCUT2D eigenvalue weighted by Crippen LogP contribution is -2.08. The number of ether oxygens (including phenoxy) is 1. The highest BCUT2D eigenvalue weighted by Gasteiger charge is 2.03. The van der Waals surface area contributed by atoms with E-state index in [2.05, 4.69) is 25.3 Å². The van der Waals surface area contributed by atoms with E-state index >= 15 is 0 Å². The van der Waals surface area contributed by atoms with Gasteiger partial charge in [0.2, 0.25) is 0 Å². The van der Waals surface area contributed by atoms with Crippen molar-refractivity contribution in [3.05, 3.63) is 35.7 Å². The Labute approximate surface area is 117 Å². The van der Waals surface area contributed by atoms with Crippen LogP contribution in [-0.2, 0) is 17.9 Å². The first-order valence-corrected chi connectivity index (χ1v) is 6.41. The Balaban J connectivity index is 2.03. The molecule has 0 saturated heterocycles. The molecule has 0 aromatic carbocycles. The summed E-state index contributed by atoms with van der Waals surface area (Å²) in [5, 5.41) is 3.17. The van der Waals surface area contributed by atoms with Crippen LogP contribution in [0.25, 0.3) is 0 Å². The topological polar surface area (TPSA) is 98.8 Å². The Morgan fingerprint density at radius 1 is 1.30 bits per heavy atom. The molecule has 0 atom stereocenters. The van der Waals surface area contributed by atoms with Crippen molar-refractivity contribution >= 4 is 11.6 Å². The summed E-state index contributed by atoms with van der Waals surface area (Å²) in [6, 6.07) is 3.54. The van der Waals surface area contributed by atoms with Gasteiger partial charge < -0.3 is 15.8 Å². The smallest absolute Gasteiger partial charge is 0.158 e. The van der Waals surface area contributed by atoms with Crippen LogP contribution in [0.1, 0.15) is 24.3 Å². The average molecular weight is 274 g/mol. The SMILES string of the molecule is CCOCc1nc(N)cc(NCc2ccnc(C)n2)n1. The van der Waals surface area contributed by atoms with Gasteiger partial charge in [-0.15, -0.1) is 0 Å². The highest BCUT2D eigenvalue weighted by atomic mass is 16.5. The molecule has 2 rings (SSSR count). The minimum atomic E-state index is 0.350. The summed E-state index contributed by atoms with van der Waals surface area (Å²) >= 11 is 0. The molecule has 3 N–H and O–H groups in total. The zero-order valence-corrected chi connectivity index (χ0v) is 11.6. The number of nitrogen functional groups attached to an aromatic ring is 1. The Hall–Kier alpha value is -2.28. The molecule has 2 aromatic heterocycles.